The van der Waals surface area contributed by atoms with Gasteiger partial charge in [0, 0.05) is 24.6 Å². The Balaban J connectivity index is 1.71. The van der Waals surface area contributed by atoms with Gasteiger partial charge in [0.15, 0.2) is 5.65 Å². The van der Waals surface area contributed by atoms with Crippen LogP contribution in [0.15, 0.2) is 59.6 Å². The largest absolute Gasteiger partial charge is 0.469 e. The zero-order chi connectivity index (χ0) is 15.6. The molecule has 3 aromatic heterocycles. The molecule has 0 spiro atoms. The van der Waals surface area contributed by atoms with Crippen LogP contribution >= 0.6 is 0 Å². The Bertz CT molecular complexity index is 923. The third-order valence-electron chi connectivity index (χ3n) is 3.95. The van der Waals surface area contributed by atoms with Crippen molar-refractivity contribution in [2.24, 2.45) is 0 Å². The van der Waals surface area contributed by atoms with Gasteiger partial charge in [-0.2, -0.15) is 0 Å². The Morgan fingerprint density at radius 1 is 1.09 bits per heavy atom. The van der Waals surface area contributed by atoms with Gasteiger partial charge in [-0.1, -0.05) is 29.8 Å². The summed E-state index contributed by atoms with van der Waals surface area (Å²) >= 11 is 0. The van der Waals surface area contributed by atoms with Gasteiger partial charge in [0.05, 0.1) is 6.26 Å². The number of aryl methyl sites for hydroxylation is 3. The molecule has 4 aromatic rings. The molecule has 23 heavy (non-hydrogen) atoms. The van der Waals surface area contributed by atoms with Gasteiger partial charge < -0.3 is 4.42 Å². The molecule has 0 bridgehead atoms. The van der Waals surface area contributed by atoms with Crippen LogP contribution in [0.25, 0.3) is 16.8 Å². The van der Waals surface area contributed by atoms with Gasteiger partial charge in [-0.25, -0.2) is 4.98 Å². The smallest absolute Gasteiger partial charge is 0.171 e. The summed E-state index contributed by atoms with van der Waals surface area (Å²) in [4.78, 5) is 4.62. The third-order valence-corrected chi connectivity index (χ3v) is 3.95. The van der Waals surface area contributed by atoms with Gasteiger partial charge in [-0.15, -0.1) is 10.2 Å². The Hall–Kier alpha value is -2.95. The fourth-order valence-corrected chi connectivity index (χ4v) is 2.68. The minimum atomic E-state index is 0.774. The van der Waals surface area contributed by atoms with E-state index in [2.05, 4.69) is 46.4 Å². The van der Waals surface area contributed by atoms with E-state index in [1.165, 1.54) is 5.56 Å². The molecule has 0 fully saturated rings. The second kappa shape index (κ2) is 5.68. The molecule has 1 aromatic carbocycles. The number of furan rings is 1. The summed E-state index contributed by atoms with van der Waals surface area (Å²) in [6.07, 6.45) is 6.87. The first kappa shape index (κ1) is 13.7. The first-order chi connectivity index (χ1) is 11.3. The first-order valence-corrected chi connectivity index (χ1v) is 7.58. The Kier molecular flexibility index (Phi) is 3.38. The lowest BCUT2D eigenvalue weighted by Gasteiger charge is -2.07. The first-order valence-electron chi connectivity index (χ1n) is 7.58. The van der Waals surface area contributed by atoms with E-state index in [9.17, 15) is 0 Å². The molecule has 0 saturated carbocycles. The van der Waals surface area contributed by atoms with E-state index >= 15 is 0 Å². The van der Waals surface area contributed by atoms with Gasteiger partial charge >= 0.3 is 0 Å². The third kappa shape index (κ3) is 2.61. The Morgan fingerprint density at radius 2 is 1.96 bits per heavy atom. The molecule has 0 radical (unpaired) electrons. The summed E-state index contributed by atoms with van der Waals surface area (Å²) in [6.45, 7) is 2.08. The van der Waals surface area contributed by atoms with Crippen molar-refractivity contribution in [1.29, 1.82) is 0 Å². The van der Waals surface area contributed by atoms with Crippen molar-refractivity contribution < 1.29 is 4.42 Å². The molecule has 0 aliphatic carbocycles. The molecule has 0 N–H and O–H groups in total. The summed E-state index contributed by atoms with van der Waals surface area (Å²) < 4.78 is 7.34. The minimum Gasteiger partial charge on any atom is -0.469 e. The van der Waals surface area contributed by atoms with Crippen molar-refractivity contribution in [2.45, 2.75) is 19.8 Å². The number of hydrogen-bond acceptors (Lipinski definition) is 4. The monoisotopic (exact) mass is 304 g/mol. The second-order valence-corrected chi connectivity index (χ2v) is 5.56. The minimum absolute atomic E-state index is 0.774. The molecule has 5 nitrogen and oxygen atoms in total. The Morgan fingerprint density at radius 3 is 2.74 bits per heavy atom. The van der Waals surface area contributed by atoms with E-state index in [-0.39, 0.29) is 0 Å². The number of aromatic nitrogens is 4. The molecule has 0 atom stereocenters. The lowest BCUT2D eigenvalue weighted by molar-refractivity contribution is 0.506. The van der Waals surface area contributed by atoms with Crippen LogP contribution in [-0.4, -0.2) is 19.6 Å². The molecule has 4 rings (SSSR count). The summed E-state index contributed by atoms with van der Waals surface area (Å²) in [5.41, 5.74) is 4.15. The van der Waals surface area contributed by atoms with Crippen LogP contribution in [-0.2, 0) is 12.8 Å². The molecular formula is C18H16N4O. The predicted octanol–water partition coefficient (Wildman–Crippen LogP) is 3.48. The van der Waals surface area contributed by atoms with Crippen LogP contribution in [0.5, 0.6) is 0 Å². The quantitative estimate of drug-likeness (QED) is 0.579. The fraction of sp³-hybridized carbons (Fsp3) is 0.167. The molecule has 5 heteroatoms. The number of fused-ring (bicyclic) bond motifs is 1. The van der Waals surface area contributed by atoms with Crippen LogP contribution in [0.1, 0.15) is 17.1 Å². The summed E-state index contributed by atoms with van der Waals surface area (Å²) in [5.74, 6) is 1.88. The topological polar surface area (TPSA) is 56.2 Å². The molecule has 0 saturated heterocycles. The van der Waals surface area contributed by atoms with Gasteiger partial charge in [-0.3, -0.25) is 4.40 Å². The highest BCUT2D eigenvalue weighted by atomic mass is 16.3. The molecule has 0 amide bonds. The van der Waals surface area contributed by atoms with Crippen LogP contribution < -0.4 is 0 Å². The zero-order valence-corrected chi connectivity index (χ0v) is 12.8. The maximum absolute atomic E-state index is 5.38. The van der Waals surface area contributed by atoms with Crippen LogP contribution in [0.3, 0.4) is 0 Å². The van der Waals surface area contributed by atoms with Crippen molar-refractivity contribution in [2.75, 3.05) is 0 Å². The van der Waals surface area contributed by atoms with Crippen molar-refractivity contribution in [1.82, 2.24) is 19.6 Å². The highest BCUT2D eigenvalue weighted by molar-refractivity contribution is 5.76. The van der Waals surface area contributed by atoms with Crippen LogP contribution in [0.2, 0.25) is 0 Å². The zero-order valence-electron chi connectivity index (χ0n) is 12.8. The molecule has 0 aliphatic heterocycles. The average Bonchev–Trinajstić information content (AvgIpc) is 3.25. The van der Waals surface area contributed by atoms with E-state index in [0.717, 1.165) is 41.2 Å². The van der Waals surface area contributed by atoms with E-state index < -0.39 is 0 Å². The van der Waals surface area contributed by atoms with Gasteiger partial charge in [0.1, 0.15) is 17.9 Å². The molecule has 3 heterocycles. The highest BCUT2D eigenvalue weighted by Crippen LogP contribution is 2.23. The maximum atomic E-state index is 5.38. The SMILES string of the molecule is Cc1ccc(-c2cnc(CCc3ccco3)n3cnnc23)cc1. The lowest BCUT2D eigenvalue weighted by atomic mass is 10.1. The normalized spacial score (nSPS) is 11.2. The predicted molar refractivity (Wildman–Crippen MR) is 87.1 cm³/mol. The van der Waals surface area contributed by atoms with Crippen molar-refractivity contribution >= 4 is 5.65 Å². The second-order valence-electron chi connectivity index (χ2n) is 5.56. The maximum Gasteiger partial charge on any atom is 0.171 e. The van der Waals surface area contributed by atoms with Crippen LogP contribution in [0, 0.1) is 6.92 Å². The van der Waals surface area contributed by atoms with E-state index in [1.807, 2.05) is 22.7 Å². The van der Waals surface area contributed by atoms with E-state index in [4.69, 9.17) is 4.42 Å². The Labute approximate surface area is 133 Å². The molecule has 0 aliphatic rings. The summed E-state index contributed by atoms with van der Waals surface area (Å²) in [6, 6.07) is 12.2. The molecular weight excluding hydrogens is 288 g/mol. The summed E-state index contributed by atoms with van der Waals surface area (Å²) in [7, 11) is 0. The van der Waals surface area contributed by atoms with E-state index in [0.29, 0.717) is 0 Å². The van der Waals surface area contributed by atoms with Gasteiger partial charge in [0.25, 0.3) is 0 Å². The van der Waals surface area contributed by atoms with E-state index in [1.54, 1.807) is 12.6 Å². The van der Waals surface area contributed by atoms with Crippen molar-refractivity contribution in [3.63, 3.8) is 0 Å². The van der Waals surface area contributed by atoms with Crippen LogP contribution in [0.4, 0.5) is 0 Å². The standard InChI is InChI=1S/C18H16N4O/c1-13-4-6-14(7-5-13)16-11-19-17(22-12-20-21-18(16)22)9-8-15-3-2-10-23-15/h2-7,10-12H,8-9H2,1H3. The highest BCUT2D eigenvalue weighted by Gasteiger charge is 2.11. The van der Waals surface area contributed by atoms with Gasteiger partial charge in [0.2, 0.25) is 0 Å². The summed E-state index contributed by atoms with van der Waals surface area (Å²) in [5, 5.41) is 8.33. The number of rotatable bonds is 4. The average molecular weight is 304 g/mol. The molecule has 0 unspecified atom stereocenters. The van der Waals surface area contributed by atoms with Gasteiger partial charge in [-0.05, 0) is 24.6 Å². The van der Waals surface area contributed by atoms with Crippen molar-refractivity contribution in [3.05, 3.63) is 72.3 Å². The number of nitrogens with zero attached hydrogens (tertiary/aromatic N) is 4. The fourth-order valence-electron chi connectivity index (χ4n) is 2.68. The number of hydrogen-bond donors (Lipinski definition) is 0. The van der Waals surface area contributed by atoms with Crippen molar-refractivity contribution in [3.8, 4) is 11.1 Å². The molecule has 114 valence electrons. The number of benzene rings is 1. The lowest BCUT2D eigenvalue weighted by Crippen LogP contribution is -2.03.